The summed E-state index contributed by atoms with van der Waals surface area (Å²) in [5.41, 5.74) is 0.873. The molecule has 0 aliphatic heterocycles. The summed E-state index contributed by atoms with van der Waals surface area (Å²) in [5, 5.41) is 11.5. The highest BCUT2D eigenvalue weighted by atomic mass is 16.5. The zero-order valence-corrected chi connectivity index (χ0v) is 14.1. The number of nitrogens with one attached hydrogen (secondary N) is 1. The van der Waals surface area contributed by atoms with Gasteiger partial charge in [0.25, 0.3) is 0 Å². The fourth-order valence-corrected chi connectivity index (χ4v) is 2.33. The average molecular weight is 315 g/mol. The minimum absolute atomic E-state index is 0.618. The molecule has 0 saturated carbocycles. The molecule has 0 saturated heterocycles. The summed E-state index contributed by atoms with van der Waals surface area (Å²) in [4.78, 5) is 6.75. The average Bonchev–Trinajstić information content (AvgIpc) is 2.57. The lowest BCUT2D eigenvalue weighted by atomic mass is 10.3. The second-order valence-corrected chi connectivity index (χ2v) is 5.18. The normalized spacial score (nSPS) is 10.4. The molecule has 1 aromatic carbocycles. The molecule has 0 unspecified atom stereocenters. The van der Waals surface area contributed by atoms with Crippen LogP contribution in [0.5, 0.6) is 5.75 Å². The number of para-hydroxylation sites is 2. The van der Waals surface area contributed by atoms with Gasteiger partial charge < -0.3 is 15.0 Å². The Morgan fingerprint density at radius 3 is 2.52 bits per heavy atom. The monoisotopic (exact) mass is 315 g/mol. The third-order valence-electron chi connectivity index (χ3n) is 3.27. The van der Waals surface area contributed by atoms with E-state index in [9.17, 15) is 0 Å². The van der Waals surface area contributed by atoms with Gasteiger partial charge in [-0.25, -0.2) is 0 Å². The van der Waals surface area contributed by atoms with E-state index >= 15 is 0 Å². The Hall–Kier alpha value is -2.37. The van der Waals surface area contributed by atoms with E-state index in [4.69, 9.17) is 4.74 Å². The molecule has 1 N–H and O–H groups in total. The Bertz CT molecular complexity index is 599. The summed E-state index contributed by atoms with van der Waals surface area (Å²) in [6.45, 7) is 8.73. The highest BCUT2D eigenvalue weighted by molar-refractivity contribution is 5.64. The second-order valence-electron chi connectivity index (χ2n) is 5.18. The number of hydrogen-bond acceptors (Lipinski definition) is 6. The van der Waals surface area contributed by atoms with Crippen molar-refractivity contribution in [3.05, 3.63) is 30.5 Å². The van der Waals surface area contributed by atoms with Crippen LogP contribution < -0.4 is 15.0 Å². The van der Waals surface area contributed by atoms with E-state index in [0.717, 1.165) is 37.4 Å². The molecular weight excluding hydrogens is 290 g/mol. The number of hydrogen-bond donors (Lipinski definition) is 1. The first-order valence-corrected chi connectivity index (χ1v) is 8.22. The lowest BCUT2D eigenvalue weighted by molar-refractivity contribution is 0.342. The molecule has 0 fully saturated rings. The maximum Gasteiger partial charge on any atom is 0.247 e. The molecule has 2 rings (SSSR count). The Morgan fingerprint density at radius 1 is 1.09 bits per heavy atom. The Morgan fingerprint density at radius 2 is 1.83 bits per heavy atom. The zero-order chi connectivity index (χ0) is 16.5. The fraction of sp³-hybridized carbons (Fsp3) is 0.471. The molecule has 0 radical (unpaired) electrons. The first kappa shape index (κ1) is 17.0. The van der Waals surface area contributed by atoms with Gasteiger partial charge in [-0.2, -0.15) is 10.1 Å². The van der Waals surface area contributed by atoms with Gasteiger partial charge in [0.15, 0.2) is 5.82 Å². The van der Waals surface area contributed by atoms with E-state index in [1.807, 2.05) is 31.2 Å². The predicted octanol–water partition coefficient (Wildman–Crippen LogP) is 3.64. The molecule has 0 amide bonds. The molecule has 124 valence electrons. The van der Waals surface area contributed by atoms with E-state index in [1.54, 1.807) is 6.20 Å². The van der Waals surface area contributed by atoms with E-state index in [0.29, 0.717) is 18.4 Å². The summed E-state index contributed by atoms with van der Waals surface area (Å²) >= 11 is 0. The van der Waals surface area contributed by atoms with Crippen LogP contribution in [0.3, 0.4) is 0 Å². The highest BCUT2D eigenvalue weighted by Gasteiger charge is 2.10. The largest absolute Gasteiger partial charge is 0.492 e. The highest BCUT2D eigenvalue weighted by Crippen LogP contribution is 2.26. The predicted molar refractivity (Wildman–Crippen MR) is 93.5 cm³/mol. The van der Waals surface area contributed by atoms with Gasteiger partial charge in [0.2, 0.25) is 5.95 Å². The number of anilines is 3. The third kappa shape index (κ3) is 4.81. The molecule has 0 spiro atoms. The van der Waals surface area contributed by atoms with Crippen LogP contribution in [0.25, 0.3) is 0 Å². The standard InChI is InChI=1S/C17H25N5O/c1-4-11-22(12-5-2)17-20-16(13-18-21-17)19-14-9-7-8-10-15(14)23-6-3/h7-10,13H,4-6,11-12H2,1-3H3,(H,19,20,21). The van der Waals surface area contributed by atoms with Gasteiger partial charge in [-0.05, 0) is 31.9 Å². The number of rotatable bonds is 9. The third-order valence-corrected chi connectivity index (χ3v) is 3.27. The van der Waals surface area contributed by atoms with Gasteiger partial charge >= 0.3 is 0 Å². The minimum atomic E-state index is 0.618. The van der Waals surface area contributed by atoms with Gasteiger partial charge in [0.05, 0.1) is 18.5 Å². The number of aromatic nitrogens is 3. The minimum Gasteiger partial charge on any atom is -0.492 e. The van der Waals surface area contributed by atoms with Crippen molar-refractivity contribution in [2.75, 3.05) is 29.9 Å². The SMILES string of the molecule is CCCN(CCC)c1nncc(Nc2ccccc2OCC)n1. The van der Waals surface area contributed by atoms with Crippen LogP contribution in [-0.2, 0) is 0 Å². The molecule has 0 aliphatic carbocycles. The van der Waals surface area contributed by atoms with E-state index in [2.05, 4.69) is 39.2 Å². The van der Waals surface area contributed by atoms with Crippen molar-refractivity contribution in [2.24, 2.45) is 0 Å². The summed E-state index contributed by atoms with van der Waals surface area (Å²) in [7, 11) is 0. The van der Waals surface area contributed by atoms with E-state index < -0.39 is 0 Å². The molecule has 23 heavy (non-hydrogen) atoms. The molecule has 6 nitrogen and oxygen atoms in total. The molecule has 0 aliphatic rings. The van der Waals surface area contributed by atoms with Crippen molar-refractivity contribution < 1.29 is 4.74 Å². The summed E-state index contributed by atoms with van der Waals surface area (Å²) < 4.78 is 5.63. The smallest absolute Gasteiger partial charge is 0.247 e. The first-order valence-electron chi connectivity index (χ1n) is 8.22. The number of ether oxygens (including phenoxy) is 1. The lowest BCUT2D eigenvalue weighted by Crippen LogP contribution is -2.27. The molecule has 0 atom stereocenters. The molecule has 1 heterocycles. The quantitative estimate of drug-likeness (QED) is 0.762. The Balaban J connectivity index is 2.19. The van der Waals surface area contributed by atoms with Crippen molar-refractivity contribution in [3.63, 3.8) is 0 Å². The van der Waals surface area contributed by atoms with Crippen molar-refractivity contribution >= 4 is 17.5 Å². The van der Waals surface area contributed by atoms with Crippen LogP contribution in [0, 0.1) is 0 Å². The molecular formula is C17H25N5O. The summed E-state index contributed by atoms with van der Waals surface area (Å²) in [6, 6.07) is 7.80. The van der Waals surface area contributed by atoms with Crippen LogP contribution in [0.2, 0.25) is 0 Å². The van der Waals surface area contributed by atoms with Crippen LogP contribution in [-0.4, -0.2) is 34.9 Å². The second kappa shape index (κ2) is 8.92. The van der Waals surface area contributed by atoms with E-state index in [1.165, 1.54) is 0 Å². The maximum absolute atomic E-state index is 5.63. The van der Waals surface area contributed by atoms with Gasteiger partial charge in [-0.1, -0.05) is 26.0 Å². The Labute approximate surface area is 137 Å². The molecule has 1 aromatic heterocycles. The summed E-state index contributed by atoms with van der Waals surface area (Å²) in [6.07, 6.45) is 3.73. The molecule has 6 heteroatoms. The number of nitrogens with zero attached hydrogens (tertiary/aromatic N) is 4. The topological polar surface area (TPSA) is 63.2 Å². The van der Waals surface area contributed by atoms with Crippen LogP contribution in [0.15, 0.2) is 30.5 Å². The summed E-state index contributed by atoms with van der Waals surface area (Å²) in [5.74, 6) is 2.13. The molecule has 0 bridgehead atoms. The Kier molecular flexibility index (Phi) is 6.59. The van der Waals surface area contributed by atoms with Crippen molar-refractivity contribution in [1.29, 1.82) is 0 Å². The van der Waals surface area contributed by atoms with Crippen LogP contribution in [0.4, 0.5) is 17.5 Å². The number of benzene rings is 1. The van der Waals surface area contributed by atoms with Crippen LogP contribution >= 0.6 is 0 Å². The van der Waals surface area contributed by atoms with Gasteiger partial charge in [0, 0.05) is 13.1 Å². The molecule has 2 aromatic rings. The zero-order valence-electron chi connectivity index (χ0n) is 14.1. The van der Waals surface area contributed by atoms with E-state index in [-0.39, 0.29) is 0 Å². The van der Waals surface area contributed by atoms with Gasteiger partial charge in [0.1, 0.15) is 5.75 Å². The lowest BCUT2D eigenvalue weighted by Gasteiger charge is -2.21. The van der Waals surface area contributed by atoms with Crippen molar-refractivity contribution in [1.82, 2.24) is 15.2 Å². The van der Waals surface area contributed by atoms with Crippen LogP contribution in [0.1, 0.15) is 33.6 Å². The van der Waals surface area contributed by atoms with Gasteiger partial charge in [-0.3, -0.25) is 0 Å². The maximum atomic E-state index is 5.63. The van der Waals surface area contributed by atoms with Gasteiger partial charge in [-0.15, -0.1) is 5.10 Å². The van der Waals surface area contributed by atoms with Crippen molar-refractivity contribution in [2.45, 2.75) is 33.6 Å². The first-order chi connectivity index (χ1) is 11.3. The van der Waals surface area contributed by atoms with Crippen molar-refractivity contribution in [3.8, 4) is 5.75 Å². The fourth-order valence-electron chi connectivity index (χ4n) is 2.33.